The Hall–Kier alpha value is -3.31. The molecular weight excluding hydrogens is 837 g/mol. The fourth-order valence-electron chi connectivity index (χ4n) is 10.1. The van der Waals surface area contributed by atoms with E-state index in [1.165, 1.54) is 12.0 Å². The number of nitrogens with one attached hydrogen (secondary N) is 1. The molecular formula is C50H84N2O13. The van der Waals surface area contributed by atoms with Crippen LogP contribution in [0, 0.1) is 40.9 Å². The Morgan fingerprint density at radius 2 is 1.63 bits per heavy atom. The topological polar surface area (TPSA) is 223 Å². The second kappa shape index (κ2) is 26.3. The summed E-state index contributed by atoms with van der Waals surface area (Å²) in [4.78, 5) is 56.9. The zero-order valence-electron chi connectivity index (χ0n) is 40.1. The minimum atomic E-state index is -2.51. The Bertz CT molecular complexity index is 1660. The third-order valence-electron chi connectivity index (χ3n) is 13.8. The SMILES string of the molecule is C.C=CC[C@@H]1/C=C(\C)C[C@H](C)C[C@H](OC)[C@H]2O[C@@](O)(C(=O)C(=O)N3CCCC[C@H]3C(=O)O[C@H](/C(C)=C/[C@@H]3CC[C@@H](OC(=O)CC(C)C)[C@H](OC)C3)[C@H](C)[C@@H](O)CC1=N)[C@H](C)C[C@@H]2OC.O. The second-order valence-electron chi connectivity index (χ2n) is 19.4. The summed E-state index contributed by atoms with van der Waals surface area (Å²) in [6.45, 7) is 17.3. The van der Waals surface area contributed by atoms with Crippen molar-refractivity contribution in [2.24, 2.45) is 35.5 Å². The van der Waals surface area contributed by atoms with Crippen LogP contribution in [0.4, 0.5) is 0 Å². The molecule has 0 aromatic rings. The molecule has 0 aromatic heterocycles. The molecule has 4 rings (SSSR count). The average Bonchev–Trinajstić information content (AvgIpc) is 3.24. The maximum atomic E-state index is 14.5. The van der Waals surface area contributed by atoms with Crippen LogP contribution in [0.5, 0.6) is 0 Å². The molecule has 5 N–H and O–H groups in total. The van der Waals surface area contributed by atoms with E-state index in [0.717, 1.165) is 5.57 Å². The lowest BCUT2D eigenvalue weighted by atomic mass is 9.81. The summed E-state index contributed by atoms with van der Waals surface area (Å²) in [5, 5.41) is 33.2. The normalized spacial score (nSPS) is 37.0. The maximum Gasteiger partial charge on any atom is 0.329 e. The van der Waals surface area contributed by atoms with Gasteiger partial charge in [0.05, 0.1) is 24.4 Å². The first-order valence-electron chi connectivity index (χ1n) is 23.2. The molecule has 3 heterocycles. The van der Waals surface area contributed by atoms with Crippen molar-refractivity contribution in [3.05, 3.63) is 36.0 Å². The van der Waals surface area contributed by atoms with Gasteiger partial charge in [-0.2, -0.15) is 0 Å². The Morgan fingerprint density at radius 1 is 0.985 bits per heavy atom. The summed E-state index contributed by atoms with van der Waals surface area (Å²) in [7, 11) is 4.68. The van der Waals surface area contributed by atoms with E-state index in [1.807, 2.05) is 39.8 Å². The molecule has 2 bridgehead atoms. The molecule has 15 heteroatoms. The van der Waals surface area contributed by atoms with Crippen molar-refractivity contribution in [3.8, 4) is 0 Å². The van der Waals surface area contributed by atoms with Crippen molar-refractivity contribution in [1.29, 1.82) is 5.41 Å². The molecule has 0 aromatic carbocycles. The number of hydrogen-bond acceptors (Lipinski definition) is 13. The second-order valence-corrected chi connectivity index (χ2v) is 19.4. The van der Waals surface area contributed by atoms with E-state index in [9.17, 15) is 34.8 Å². The number of carbonyl (C=O) groups is 4. The fourth-order valence-corrected chi connectivity index (χ4v) is 10.1. The molecule has 372 valence electrons. The van der Waals surface area contributed by atoms with Crippen LogP contribution < -0.4 is 0 Å². The lowest BCUT2D eigenvalue weighted by Crippen LogP contribution is -2.64. The van der Waals surface area contributed by atoms with E-state index in [0.29, 0.717) is 69.1 Å². The van der Waals surface area contributed by atoms with E-state index >= 15 is 0 Å². The number of ether oxygens (including phenoxy) is 6. The number of Topliss-reactive ketones (excluding diaryl/α,β-unsaturated/α-hetero) is 1. The summed E-state index contributed by atoms with van der Waals surface area (Å²) in [5.41, 5.74) is 2.02. The minimum absolute atomic E-state index is 0. The van der Waals surface area contributed by atoms with Crippen LogP contribution in [-0.2, 0) is 47.6 Å². The highest BCUT2D eigenvalue weighted by molar-refractivity contribution is 6.39. The van der Waals surface area contributed by atoms with Gasteiger partial charge in [-0.05, 0) is 101 Å². The molecule has 14 atom stereocenters. The molecule has 3 aliphatic heterocycles. The number of amides is 1. The number of rotatable bonds is 10. The quantitative estimate of drug-likeness (QED) is 0.121. The van der Waals surface area contributed by atoms with E-state index in [-0.39, 0.29) is 80.6 Å². The molecule has 0 unspecified atom stereocenters. The largest absolute Gasteiger partial charge is 0.460 e. The van der Waals surface area contributed by atoms with Crippen LogP contribution in [0.25, 0.3) is 0 Å². The molecule has 65 heavy (non-hydrogen) atoms. The van der Waals surface area contributed by atoms with Crippen LogP contribution >= 0.6 is 0 Å². The van der Waals surface area contributed by atoms with Crippen LogP contribution in [0.3, 0.4) is 0 Å². The highest BCUT2D eigenvalue weighted by Gasteiger charge is 2.56. The lowest BCUT2D eigenvalue weighted by molar-refractivity contribution is -0.302. The molecule has 15 nitrogen and oxygen atoms in total. The average molecular weight is 921 g/mol. The molecule has 0 spiro atoms. The van der Waals surface area contributed by atoms with Gasteiger partial charge in [0.25, 0.3) is 11.7 Å². The molecule has 4 aliphatic rings. The van der Waals surface area contributed by atoms with Gasteiger partial charge in [0.15, 0.2) is 0 Å². The summed E-state index contributed by atoms with van der Waals surface area (Å²) in [6, 6.07) is -1.14. The van der Waals surface area contributed by atoms with Gasteiger partial charge in [-0.25, -0.2) is 4.79 Å². The van der Waals surface area contributed by atoms with Gasteiger partial charge < -0.3 is 54.4 Å². The van der Waals surface area contributed by atoms with Crippen molar-refractivity contribution in [2.45, 2.75) is 187 Å². The maximum absolute atomic E-state index is 14.5. The van der Waals surface area contributed by atoms with Crippen molar-refractivity contribution < 1.29 is 63.3 Å². The Kier molecular flexibility index (Phi) is 23.4. The van der Waals surface area contributed by atoms with Gasteiger partial charge in [0.2, 0.25) is 5.79 Å². The Morgan fingerprint density at radius 3 is 2.25 bits per heavy atom. The van der Waals surface area contributed by atoms with Crippen molar-refractivity contribution in [1.82, 2.24) is 4.90 Å². The van der Waals surface area contributed by atoms with Gasteiger partial charge >= 0.3 is 11.9 Å². The number of ketones is 1. The first-order valence-corrected chi connectivity index (χ1v) is 23.2. The number of aliphatic hydroxyl groups is 2. The highest BCUT2D eigenvalue weighted by Crippen LogP contribution is 2.39. The molecule has 1 saturated carbocycles. The van der Waals surface area contributed by atoms with Gasteiger partial charge in [-0.3, -0.25) is 14.4 Å². The number of piperidine rings is 1. The van der Waals surface area contributed by atoms with Crippen LogP contribution in [-0.4, -0.2) is 132 Å². The molecule has 1 amide bonds. The Labute approximate surface area is 388 Å². The molecule has 1 aliphatic carbocycles. The van der Waals surface area contributed by atoms with E-state index in [4.69, 9.17) is 28.4 Å². The highest BCUT2D eigenvalue weighted by atomic mass is 16.7. The number of allylic oxidation sites excluding steroid dienone is 4. The Balaban J connectivity index is 0.00000726. The smallest absolute Gasteiger partial charge is 0.329 e. The number of fused-ring (bicyclic) bond motifs is 3. The number of esters is 2. The molecule has 2 saturated heterocycles. The summed E-state index contributed by atoms with van der Waals surface area (Å²) >= 11 is 0. The van der Waals surface area contributed by atoms with Gasteiger partial charge in [-0.15, -0.1) is 6.58 Å². The zero-order chi connectivity index (χ0) is 46.8. The van der Waals surface area contributed by atoms with Crippen LogP contribution in [0.15, 0.2) is 36.0 Å². The monoisotopic (exact) mass is 921 g/mol. The van der Waals surface area contributed by atoms with E-state index in [2.05, 4.69) is 13.5 Å². The number of methoxy groups -OCH3 is 3. The van der Waals surface area contributed by atoms with E-state index < -0.39 is 71.8 Å². The van der Waals surface area contributed by atoms with Gasteiger partial charge in [0, 0.05) is 64.2 Å². The predicted molar refractivity (Wildman–Crippen MR) is 249 cm³/mol. The van der Waals surface area contributed by atoms with Gasteiger partial charge in [0.1, 0.15) is 24.4 Å². The van der Waals surface area contributed by atoms with Crippen molar-refractivity contribution in [3.63, 3.8) is 0 Å². The molecule has 3 fully saturated rings. The number of cyclic esters (lactones) is 1. The fraction of sp³-hybridized carbons (Fsp3) is 0.780. The van der Waals surface area contributed by atoms with Crippen LogP contribution in [0.1, 0.15) is 133 Å². The van der Waals surface area contributed by atoms with E-state index in [1.54, 1.807) is 34.1 Å². The number of aliphatic hydroxyl groups excluding tert-OH is 1. The summed E-state index contributed by atoms with van der Waals surface area (Å²) < 4.78 is 36.1. The summed E-state index contributed by atoms with van der Waals surface area (Å²) in [6.07, 6.45) is 6.32. The number of carbonyl (C=O) groups excluding carboxylic acids is 4. The molecule has 0 radical (unpaired) electrons. The number of hydrogen-bond donors (Lipinski definition) is 3. The third-order valence-corrected chi connectivity index (χ3v) is 13.8. The lowest BCUT2D eigenvalue weighted by Gasteiger charge is -2.47. The third kappa shape index (κ3) is 14.8. The zero-order valence-corrected chi connectivity index (χ0v) is 40.1. The minimum Gasteiger partial charge on any atom is -0.460 e. The van der Waals surface area contributed by atoms with Crippen molar-refractivity contribution in [2.75, 3.05) is 27.9 Å². The predicted octanol–water partition coefficient (Wildman–Crippen LogP) is 6.50. The standard InChI is InChI=1S/C49H78N2O12.CH4.H2O/c1-12-15-35-22-29(4)21-30(5)23-41(59-10)45-42(60-11)25-32(7)49(57,63-45)46(54)47(55)51-19-14-13-16-37(51)48(56)62-44(33(8)38(52)27-36(35)50)31(6)24-34-17-18-39(40(26-34)58-9)61-43(53)20-28(2)3;;/h12,22,24,28,30,32-35,37-42,44-45,50,52,57H,1,13-21,23,25-27H2,2-11H3;1H4;1H2/b29-22+,31-24+,50-36?;;/t30-,32+,33+,34-,35+,37-,38-,39+,40+,41-,42-,44+,45+,49+;;/m0../s1. The first kappa shape index (κ1) is 57.8. The van der Waals surface area contributed by atoms with Crippen LogP contribution in [0.2, 0.25) is 0 Å². The van der Waals surface area contributed by atoms with Crippen molar-refractivity contribution >= 4 is 29.3 Å². The van der Waals surface area contributed by atoms with Gasteiger partial charge in [-0.1, -0.05) is 65.8 Å². The first-order chi connectivity index (χ1) is 29.8. The number of nitrogens with zero attached hydrogens (tertiary/aromatic N) is 1. The summed E-state index contributed by atoms with van der Waals surface area (Å²) in [5.74, 6) is -7.38.